The molecule has 0 N–H and O–H groups in total. The molecule has 1 aliphatic carbocycles. The lowest BCUT2D eigenvalue weighted by Gasteiger charge is -2.03. The van der Waals surface area contributed by atoms with E-state index >= 15 is 0 Å². The first-order chi connectivity index (χ1) is 7.04. The van der Waals surface area contributed by atoms with Crippen molar-refractivity contribution in [2.45, 2.75) is 17.7 Å². The standard InChI is InChI=1S/C10H13BrO4/c1-3-15-8(12)5-4-7-6-10(7,11)9(13)14-2/h4-5,7H,3,6H2,1-2H3/b5-4+/t7-,10-/m1/s1. The summed E-state index contributed by atoms with van der Waals surface area (Å²) in [4.78, 5) is 22.2. The molecule has 0 aromatic rings. The molecule has 84 valence electrons. The van der Waals surface area contributed by atoms with E-state index in [4.69, 9.17) is 4.74 Å². The molecule has 0 aromatic carbocycles. The van der Waals surface area contributed by atoms with Crippen LogP contribution < -0.4 is 0 Å². The minimum atomic E-state index is -0.634. The second-order valence-corrected chi connectivity index (χ2v) is 4.69. The second kappa shape index (κ2) is 4.79. The lowest BCUT2D eigenvalue weighted by atomic mass is 10.3. The maximum absolute atomic E-state index is 11.3. The number of halogens is 1. The molecule has 0 aliphatic heterocycles. The molecule has 4 nitrogen and oxygen atoms in total. The highest BCUT2D eigenvalue weighted by Gasteiger charge is 2.58. The lowest BCUT2D eigenvalue weighted by molar-refractivity contribution is -0.141. The third kappa shape index (κ3) is 2.81. The zero-order chi connectivity index (χ0) is 11.5. The van der Waals surface area contributed by atoms with Crippen LogP contribution in [0.2, 0.25) is 0 Å². The van der Waals surface area contributed by atoms with Crippen molar-refractivity contribution in [2.24, 2.45) is 5.92 Å². The minimum absolute atomic E-state index is 0.00866. The van der Waals surface area contributed by atoms with Gasteiger partial charge in [-0.1, -0.05) is 22.0 Å². The maximum atomic E-state index is 11.3. The van der Waals surface area contributed by atoms with E-state index in [9.17, 15) is 9.59 Å². The molecule has 0 radical (unpaired) electrons. The maximum Gasteiger partial charge on any atom is 0.330 e. The van der Waals surface area contributed by atoms with Crippen LogP contribution in [0.25, 0.3) is 0 Å². The second-order valence-electron chi connectivity index (χ2n) is 3.28. The number of hydrogen-bond donors (Lipinski definition) is 0. The number of allylic oxidation sites excluding steroid dienone is 1. The Labute approximate surface area is 96.7 Å². The summed E-state index contributed by atoms with van der Waals surface area (Å²) in [7, 11) is 1.34. The minimum Gasteiger partial charge on any atom is -0.468 e. The highest BCUT2D eigenvalue weighted by Crippen LogP contribution is 2.52. The van der Waals surface area contributed by atoms with E-state index in [-0.39, 0.29) is 17.9 Å². The SMILES string of the molecule is CCOC(=O)/C=C/[C@@H]1C[C@]1(Br)C(=O)OC. The van der Waals surface area contributed by atoms with Crippen molar-refractivity contribution in [3.8, 4) is 0 Å². The van der Waals surface area contributed by atoms with Crippen molar-refractivity contribution in [1.29, 1.82) is 0 Å². The Bertz CT molecular complexity index is 300. The smallest absolute Gasteiger partial charge is 0.330 e. The van der Waals surface area contributed by atoms with E-state index in [0.717, 1.165) is 0 Å². The van der Waals surface area contributed by atoms with Crippen molar-refractivity contribution in [3.63, 3.8) is 0 Å². The van der Waals surface area contributed by atoms with Gasteiger partial charge in [-0.15, -0.1) is 0 Å². The Kier molecular flexibility index (Phi) is 3.90. The van der Waals surface area contributed by atoms with E-state index in [1.54, 1.807) is 13.0 Å². The van der Waals surface area contributed by atoms with Crippen molar-refractivity contribution in [2.75, 3.05) is 13.7 Å². The quantitative estimate of drug-likeness (QED) is 0.443. The number of alkyl halides is 1. The molecule has 0 aromatic heterocycles. The van der Waals surface area contributed by atoms with Crippen LogP contribution in [0.5, 0.6) is 0 Å². The third-order valence-electron chi connectivity index (χ3n) is 2.22. The summed E-state index contributed by atoms with van der Waals surface area (Å²) in [5.74, 6) is -0.681. The largest absolute Gasteiger partial charge is 0.468 e. The number of rotatable bonds is 4. The molecule has 0 unspecified atom stereocenters. The Hall–Kier alpha value is -0.840. The molecule has 15 heavy (non-hydrogen) atoms. The molecule has 0 amide bonds. The number of esters is 2. The Morgan fingerprint density at radius 2 is 2.27 bits per heavy atom. The predicted molar refractivity (Wildman–Crippen MR) is 57.6 cm³/mol. The molecule has 1 aliphatic rings. The monoisotopic (exact) mass is 276 g/mol. The van der Waals surface area contributed by atoms with Gasteiger partial charge in [0.2, 0.25) is 0 Å². The summed E-state index contributed by atoms with van der Waals surface area (Å²) in [6, 6.07) is 0. The van der Waals surface area contributed by atoms with Crippen LogP contribution in [-0.4, -0.2) is 30.0 Å². The van der Waals surface area contributed by atoms with Gasteiger partial charge in [-0.3, -0.25) is 4.79 Å². The first kappa shape index (κ1) is 12.2. The van der Waals surface area contributed by atoms with Crippen LogP contribution in [-0.2, 0) is 19.1 Å². The van der Waals surface area contributed by atoms with Crippen molar-refractivity contribution < 1.29 is 19.1 Å². The van der Waals surface area contributed by atoms with Gasteiger partial charge >= 0.3 is 11.9 Å². The fourth-order valence-corrected chi connectivity index (χ4v) is 1.93. The molecule has 0 heterocycles. The van der Waals surface area contributed by atoms with Gasteiger partial charge in [0, 0.05) is 12.0 Å². The lowest BCUT2D eigenvalue weighted by Crippen LogP contribution is -2.18. The highest BCUT2D eigenvalue weighted by atomic mass is 79.9. The average Bonchev–Trinajstić information content (AvgIpc) is 2.87. The van der Waals surface area contributed by atoms with Gasteiger partial charge < -0.3 is 9.47 Å². The summed E-state index contributed by atoms with van der Waals surface area (Å²) in [5.41, 5.74) is 0. The summed E-state index contributed by atoms with van der Waals surface area (Å²) < 4.78 is 8.71. The number of ether oxygens (including phenoxy) is 2. The summed E-state index contributed by atoms with van der Waals surface area (Å²) in [6.45, 7) is 2.09. The molecule has 0 bridgehead atoms. The van der Waals surface area contributed by atoms with Crippen LogP contribution >= 0.6 is 15.9 Å². The van der Waals surface area contributed by atoms with Crippen LogP contribution in [0.3, 0.4) is 0 Å². The number of carbonyl (C=O) groups is 2. The predicted octanol–water partition coefficient (Wildman–Crippen LogP) is 1.43. The normalized spacial score (nSPS) is 28.9. The molecule has 1 saturated carbocycles. The van der Waals surface area contributed by atoms with E-state index in [1.165, 1.54) is 13.2 Å². The molecular weight excluding hydrogens is 264 g/mol. The van der Waals surface area contributed by atoms with Crippen LogP contribution in [0.15, 0.2) is 12.2 Å². The van der Waals surface area contributed by atoms with Gasteiger partial charge in [-0.25, -0.2) is 4.79 Å². The number of hydrogen-bond acceptors (Lipinski definition) is 4. The van der Waals surface area contributed by atoms with Gasteiger partial charge in [0.05, 0.1) is 13.7 Å². The van der Waals surface area contributed by atoms with E-state index in [2.05, 4.69) is 20.7 Å². The summed E-state index contributed by atoms with van der Waals surface area (Å²) in [5, 5.41) is 0. The Morgan fingerprint density at radius 1 is 1.60 bits per heavy atom. The fraction of sp³-hybridized carbons (Fsp3) is 0.600. The number of methoxy groups -OCH3 is 1. The topological polar surface area (TPSA) is 52.6 Å². The molecule has 1 fully saturated rings. The molecule has 2 atom stereocenters. The Morgan fingerprint density at radius 3 is 2.80 bits per heavy atom. The van der Waals surface area contributed by atoms with E-state index in [0.29, 0.717) is 13.0 Å². The first-order valence-electron chi connectivity index (χ1n) is 4.67. The molecular formula is C10H13BrO4. The first-order valence-corrected chi connectivity index (χ1v) is 5.46. The van der Waals surface area contributed by atoms with Gasteiger partial charge in [0.25, 0.3) is 0 Å². The van der Waals surface area contributed by atoms with Gasteiger partial charge in [0.15, 0.2) is 0 Å². The van der Waals surface area contributed by atoms with Crippen molar-refractivity contribution in [3.05, 3.63) is 12.2 Å². The average molecular weight is 277 g/mol. The van der Waals surface area contributed by atoms with Crippen molar-refractivity contribution in [1.82, 2.24) is 0 Å². The van der Waals surface area contributed by atoms with Crippen molar-refractivity contribution >= 4 is 27.9 Å². The fourth-order valence-electron chi connectivity index (χ4n) is 1.27. The van der Waals surface area contributed by atoms with Crippen LogP contribution in [0.1, 0.15) is 13.3 Å². The molecule has 5 heteroatoms. The van der Waals surface area contributed by atoms with Gasteiger partial charge in [-0.2, -0.15) is 0 Å². The highest BCUT2D eigenvalue weighted by molar-refractivity contribution is 9.10. The Balaban J connectivity index is 2.44. The summed E-state index contributed by atoms with van der Waals surface area (Å²) in [6.07, 6.45) is 3.67. The number of carbonyl (C=O) groups excluding carboxylic acids is 2. The molecule has 1 rings (SSSR count). The zero-order valence-electron chi connectivity index (χ0n) is 8.66. The van der Waals surface area contributed by atoms with Crippen LogP contribution in [0, 0.1) is 5.92 Å². The van der Waals surface area contributed by atoms with Gasteiger partial charge in [-0.05, 0) is 13.3 Å². The van der Waals surface area contributed by atoms with Crippen LogP contribution in [0.4, 0.5) is 0 Å². The zero-order valence-corrected chi connectivity index (χ0v) is 10.2. The third-order valence-corrected chi connectivity index (χ3v) is 3.46. The molecule has 0 spiro atoms. The van der Waals surface area contributed by atoms with E-state index in [1.807, 2.05) is 0 Å². The molecule has 0 saturated heterocycles. The summed E-state index contributed by atoms with van der Waals surface area (Å²) >= 11 is 3.29. The van der Waals surface area contributed by atoms with E-state index < -0.39 is 4.32 Å². The van der Waals surface area contributed by atoms with Gasteiger partial charge in [0.1, 0.15) is 4.32 Å².